The van der Waals surface area contributed by atoms with Gasteiger partial charge in [0.1, 0.15) is 53.7 Å². The molecule has 0 radical (unpaired) electrons. The van der Waals surface area contributed by atoms with E-state index in [1.54, 1.807) is 25.1 Å². The zero-order chi connectivity index (χ0) is 54.7. The van der Waals surface area contributed by atoms with E-state index in [0.717, 1.165) is 27.8 Å². The van der Waals surface area contributed by atoms with Crippen molar-refractivity contribution >= 4 is 70.3 Å². The number of amides is 4. The molecule has 2 aliphatic rings. The van der Waals surface area contributed by atoms with Gasteiger partial charge in [-0.2, -0.15) is 0 Å². The average Bonchev–Trinajstić information content (AvgIpc) is 4.29. The maximum atomic E-state index is 13.4. The number of halogens is 4. The molecule has 0 aliphatic heterocycles. The van der Waals surface area contributed by atoms with Gasteiger partial charge < -0.3 is 31.1 Å². The largest absolute Gasteiger partial charge is 0.478 e. The molecule has 77 heavy (non-hydrogen) atoms. The van der Waals surface area contributed by atoms with Crippen LogP contribution in [-0.2, 0) is 30.7 Å². The van der Waals surface area contributed by atoms with Gasteiger partial charge in [-0.1, -0.05) is 60.1 Å². The lowest BCUT2D eigenvalue weighted by atomic mass is 9.98. The molecule has 392 valence electrons. The summed E-state index contributed by atoms with van der Waals surface area (Å²) in [4.78, 5) is 84.7. The number of aromatic carboxylic acids is 1. The molecule has 0 saturated heterocycles. The lowest BCUT2D eigenvalue weighted by Gasteiger charge is -2.16. The van der Waals surface area contributed by atoms with Crippen LogP contribution in [0.3, 0.4) is 0 Å². The number of hydrogen-bond donors (Lipinski definition) is 5. The lowest BCUT2D eigenvalue weighted by Crippen LogP contribution is -2.30. The highest BCUT2D eigenvalue weighted by atomic mass is 35.5. The highest BCUT2D eigenvalue weighted by Crippen LogP contribution is 2.36. The summed E-state index contributed by atoms with van der Waals surface area (Å²) in [6, 6.07) is 17.1. The first-order valence-electron chi connectivity index (χ1n) is 23.7. The number of benzene rings is 4. The number of nitrogens with zero attached hydrogens (tertiary/aromatic N) is 8. The number of carboxylic acids is 1. The van der Waals surface area contributed by atoms with E-state index in [9.17, 15) is 42.7 Å². The normalized spacial score (nSPS) is 14.2. The number of carbonyl (C=O) groups is 6. The van der Waals surface area contributed by atoms with E-state index in [2.05, 4.69) is 58.2 Å². The highest BCUT2D eigenvalue weighted by Gasteiger charge is 2.31. The van der Waals surface area contributed by atoms with E-state index in [0.29, 0.717) is 47.9 Å². The Morgan fingerprint density at radius 2 is 1.13 bits per heavy atom. The average molecular weight is 1090 g/mol. The summed E-state index contributed by atoms with van der Waals surface area (Å²) >= 11 is 11.6. The molecule has 10 rings (SSSR count). The smallest absolute Gasteiger partial charge is 0.338 e. The Balaban J connectivity index is 0.000000188. The first-order valence-corrected chi connectivity index (χ1v) is 24.5. The van der Waals surface area contributed by atoms with E-state index in [-0.39, 0.29) is 81.7 Å². The summed E-state index contributed by atoms with van der Waals surface area (Å²) in [5, 5.41) is 36.0. The molecule has 0 saturated carbocycles. The van der Waals surface area contributed by atoms with E-state index in [1.165, 1.54) is 76.1 Å². The van der Waals surface area contributed by atoms with Gasteiger partial charge in [-0.25, -0.2) is 28.3 Å². The molecule has 4 heterocycles. The molecule has 5 N–H and O–H groups in total. The minimum atomic E-state index is -0.993. The van der Waals surface area contributed by atoms with E-state index >= 15 is 0 Å². The molecule has 2 aliphatic carbocycles. The van der Waals surface area contributed by atoms with E-state index in [4.69, 9.17) is 27.9 Å². The van der Waals surface area contributed by atoms with Gasteiger partial charge in [0, 0.05) is 13.1 Å². The third-order valence-electron chi connectivity index (χ3n) is 13.2. The predicted molar refractivity (Wildman–Crippen MR) is 274 cm³/mol. The number of aromatic nitrogens is 8. The number of ether oxygens (including phenoxy) is 1. The van der Waals surface area contributed by atoms with Gasteiger partial charge in [-0.05, 0) is 133 Å². The zero-order valence-corrected chi connectivity index (χ0v) is 42.4. The Hall–Kier alpha value is -9.02. The standard InChI is InChI=1S/C28H24ClFN6O4.C25H20ClFN6O4/c1-3-10-40-27(39)18-5-6-19-17(15(18)2)7-9-22(19)33-26(38)24-12-23(34-28-35-32-14-36(24)28)25(37)31-13-16-4-8-21(30)20(29)11-16;1-12-14-5-7-19(16(14)4-3-15(12)24(36)37)30-23(35)21-9-20(31-25-32-29-11-33(21)25)22(34)28-10-13-2-6-18(27)17(26)8-13/h3-6,8,11-12,14,22H,1,7,9-10,13H2,2H3,(H,31,37)(H,33,38);2-4,6,8-9,11,19H,5,7,10H2,1H3,(H,28,34)(H,30,35)(H,36,37)/t22-;19-/m00/s1. The summed E-state index contributed by atoms with van der Waals surface area (Å²) < 4.78 is 34.8. The molecule has 24 heteroatoms. The summed E-state index contributed by atoms with van der Waals surface area (Å²) in [6.45, 7) is 7.45. The minimum Gasteiger partial charge on any atom is -0.478 e. The van der Waals surface area contributed by atoms with Gasteiger partial charge in [0.2, 0.25) is 0 Å². The highest BCUT2D eigenvalue weighted by molar-refractivity contribution is 6.31. The summed E-state index contributed by atoms with van der Waals surface area (Å²) in [6.07, 6.45) is 6.72. The van der Waals surface area contributed by atoms with Crippen LogP contribution in [0.1, 0.15) is 132 Å². The number of carboxylic acid groups (broad SMARTS) is 1. The first-order chi connectivity index (χ1) is 37.0. The van der Waals surface area contributed by atoms with Crippen molar-refractivity contribution in [1.29, 1.82) is 0 Å². The Bertz CT molecular complexity index is 3740. The fourth-order valence-electron chi connectivity index (χ4n) is 9.25. The molecule has 0 bridgehead atoms. The Morgan fingerprint density at radius 3 is 1.57 bits per heavy atom. The molecule has 8 aromatic rings. The molecule has 4 aromatic heterocycles. The Labute approximate surface area is 445 Å². The van der Waals surface area contributed by atoms with Crippen molar-refractivity contribution in [3.63, 3.8) is 0 Å². The minimum absolute atomic E-state index is 0.0378. The molecular weight excluding hydrogens is 1040 g/mol. The second-order valence-electron chi connectivity index (χ2n) is 17.9. The Kier molecular flexibility index (Phi) is 15.4. The van der Waals surface area contributed by atoms with Crippen molar-refractivity contribution in [1.82, 2.24) is 60.4 Å². The topological polar surface area (TPSA) is 266 Å². The van der Waals surface area contributed by atoms with Crippen molar-refractivity contribution in [2.75, 3.05) is 6.61 Å². The predicted octanol–water partition coefficient (Wildman–Crippen LogP) is 7.19. The van der Waals surface area contributed by atoms with Crippen LogP contribution < -0.4 is 21.3 Å². The van der Waals surface area contributed by atoms with Gasteiger partial charge in [-0.3, -0.25) is 28.0 Å². The molecule has 0 unspecified atom stereocenters. The van der Waals surface area contributed by atoms with Crippen molar-refractivity contribution in [3.05, 3.63) is 198 Å². The fourth-order valence-corrected chi connectivity index (χ4v) is 9.65. The summed E-state index contributed by atoms with van der Waals surface area (Å²) in [7, 11) is 0. The monoisotopic (exact) mass is 1080 g/mol. The Morgan fingerprint density at radius 1 is 0.675 bits per heavy atom. The van der Waals surface area contributed by atoms with Crippen LogP contribution in [0.4, 0.5) is 8.78 Å². The molecule has 20 nitrogen and oxygen atoms in total. The van der Waals surface area contributed by atoms with Crippen molar-refractivity contribution < 1.29 is 47.4 Å². The van der Waals surface area contributed by atoms with Gasteiger partial charge in [0.25, 0.3) is 35.2 Å². The molecule has 4 aromatic carbocycles. The summed E-state index contributed by atoms with van der Waals surface area (Å²) in [5.41, 5.74) is 7.22. The van der Waals surface area contributed by atoms with E-state index in [1.807, 2.05) is 13.0 Å². The SMILES string of the molecule is C=CCOC(=O)c1ccc2c(c1C)CC[C@@H]2NC(=O)c1cc(C(=O)NCc2ccc(F)c(Cl)c2)nc2nncn12.Cc1c(C(=O)O)ccc2c1CC[C@@H]2NC(=O)c1cc(C(=O)NCc2ccc(F)c(Cl)c2)nc2nncn12. The number of carbonyl (C=O) groups excluding carboxylic acids is 5. The quantitative estimate of drug-likeness (QED) is 0.0533. The number of hydrogen-bond acceptors (Lipinski definition) is 13. The van der Waals surface area contributed by atoms with Crippen LogP contribution in [-0.4, -0.2) is 86.4 Å². The van der Waals surface area contributed by atoms with Crippen molar-refractivity contribution in [3.8, 4) is 0 Å². The maximum absolute atomic E-state index is 13.4. The van der Waals surface area contributed by atoms with Crippen LogP contribution in [0, 0.1) is 25.5 Å². The van der Waals surface area contributed by atoms with Crippen LogP contribution >= 0.6 is 23.2 Å². The van der Waals surface area contributed by atoms with E-state index < -0.39 is 47.2 Å². The molecule has 0 spiro atoms. The van der Waals surface area contributed by atoms with Crippen molar-refractivity contribution in [2.45, 2.75) is 64.7 Å². The number of nitrogens with one attached hydrogen (secondary N) is 4. The fraction of sp³-hybridized carbons (Fsp3) is 0.208. The van der Waals surface area contributed by atoms with Crippen molar-refractivity contribution in [2.24, 2.45) is 0 Å². The molecule has 2 atom stereocenters. The van der Waals surface area contributed by atoms with Crippen LogP contribution in [0.15, 0.2) is 98.1 Å². The van der Waals surface area contributed by atoms with Gasteiger partial charge >= 0.3 is 11.9 Å². The molecule has 0 fully saturated rings. The van der Waals surface area contributed by atoms with Crippen LogP contribution in [0.2, 0.25) is 10.0 Å². The maximum Gasteiger partial charge on any atom is 0.338 e. The third-order valence-corrected chi connectivity index (χ3v) is 13.7. The first kappa shape index (κ1) is 52.8. The van der Waals surface area contributed by atoms with Crippen LogP contribution in [0.5, 0.6) is 0 Å². The second-order valence-corrected chi connectivity index (χ2v) is 18.7. The number of esters is 1. The zero-order valence-electron chi connectivity index (χ0n) is 40.9. The van der Waals surface area contributed by atoms with Crippen LogP contribution in [0.25, 0.3) is 11.6 Å². The lowest BCUT2D eigenvalue weighted by molar-refractivity contribution is 0.0547. The van der Waals surface area contributed by atoms with Gasteiger partial charge in [-0.15, -0.1) is 20.4 Å². The number of rotatable bonds is 14. The number of fused-ring (bicyclic) bond motifs is 4. The molecular formula is C53H44Cl2F2N12O8. The third kappa shape index (κ3) is 11.2. The van der Waals surface area contributed by atoms with Gasteiger partial charge in [0.15, 0.2) is 0 Å². The molecule has 4 amide bonds. The van der Waals surface area contributed by atoms with Gasteiger partial charge in [0.05, 0.1) is 33.3 Å². The summed E-state index contributed by atoms with van der Waals surface area (Å²) in [5.74, 6) is -4.43. The second kappa shape index (κ2) is 22.4.